The van der Waals surface area contributed by atoms with E-state index in [0.717, 1.165) is 16.7 Å². The van der Waals surface area contributed by atoms with Crippen LogP contribution in [0.1, 0.15) is 35.2 Å². The average molecular weight is 381 g/mol. The predicted molar refractivity (Wildman–Crippen MR) is 97.2 cm³/mol. The summed E-state index contributed by atoms with van der Waals surface area (Å²) in [6, 6.07) is 10.7. The fourth-order valence-electron chi connectivity index (χ4n) is 2.48. The molecule has 1 unspecified atom stereocenters. The Hall–Kier alpha value is -1.69. The summed E-state index contributed by atoms with van der Waals surface area (Å²) in [5.74, 6) is -0.368. The zero-order valence-electron chi connectivity index (χ0n) is 12.8. The van der Waals surface area contributed by atoms with Gasteiger partial charge in [-0.25, -0.2) is 4.79 Å². The molecule has 0 aliphatic rings. The maximum atomic E-state index is 12.4. The summed E-state index contributed by atoms with van der Waals surface area (Å²) in [5, 5.41) is 5.14. The van der Waals surface area contributed by atoms with Crippen molar-refractivity contribution in [1.82, 2.24) is 9.59 Å². The molecule has 0 radical (unpaired) electrons. The van der Waals surface area contributed by atoms with Crippen molar-refractivity contribution in [3.8, 4) is 0 Å². The van der Waals surface area contributed by atoms with Crippen LogP contribution in [0.5, 0.6) is 0 Å². The third-order valence-corrected chi connectivity index (χ3v) is 5.14. The van der Waals surface area contributed by atoms with Crippen LogP contribution in [-0.4, -0.2) is 22.2 Å². The first-order valence-electron chi connectivity index (χ1n) is 7.43. The van der Waals surface area contributed by atoms with Crippen LogP contribution >= 0.6 is 34.7 Å². The molecule has 1 aromatic heterocycles. The van der Waals surface area contributed by atoms with E-state index in [1.54, 1.807) is 24.3 Å². The molecule has 4 nitrogen and oxygen atoms in total. The lowest BCUT2D eigenvalue weighted by Gasteiger charge is -2.17. The molecule has 124 valence electrons. The molecule has 0 bridgehead atoms. The average Bonchev–Trinajstić information content (AvgIpc) is 3.05. The summed E-state index contributed by atoms with van der Waals surface area (Å²) in [7, 11) is 0. The zero-order chi connectivity index (χ0) is 17.1. The Labute approximate surface area is 153 Å². The maximum Gasteiger partial charge on any atom is 0.339 e. The van der Waals surface area contributed by atoms with Crippen molar-refractivity contribution in [3.63, 3.8) is 0 Å². The van der Waals surface area contributed by atoms with E-state index in [0.29, 0.717) is 21.1 Å². The highest BCUT2D eigenvalue weighted by Gasteiger charge is 2.18. The topological polar surface area (TPSA) is 52.1 Å². The Morgan fingerprint density at radius 3 is 2.88 bits per heavy atom. The molecule has 0 saturated heterocycles. The minimum atomic E-state index is -0.379. The number of aromatic nitrogens is 2. The normalized spacial score (nSPS) is 12.3. The minimum Gasteiger partial charge on any atom is -0.461 e. The first-order valence-corrected chi connectivity index (χ1v) is 8.96. The standard InChI is InChI=1S/C17H14Cl2N2O2S/c1-2-10(12-7-6-11(18)8-14(12)19)9-23-17(22)13-4-3-5-15-16(13)24-21-20-15/h3-8,10H,2,9H2,1H3. The molecule has 3 rings (SSSR count). The van der Waals surface area contributed by atoms with Crippen LogP contribution in [0.2, 0.25) is 10.0 Å². The number of rotatable bonds is 5. The van der Waals surface area contributed by atoms with Gasteiger partial charge in [0.2, 0.25) is 0 Å². The third-order valence-electron chi connectivity index (χ3n) is 3.81. The molecule has 1 atom stereocenters. The van der Waals surface area contributed by atoms with Gasteiger partial charge in [-0.15, -0.1) is 5.10 Å². The molecule has 0 aliphatic carbocycles. The molecule has 0 aliphatic heterocycles. The summed E-state index contributed by atoms with van der Waals surface area (Å²) in [4.78, 5) is 12.4. The molecule has 0 amide bonds. The minimum absolute atomic E-state index is 0.0116. The lowest BCUT2D eigenvalue weighted by Crippen LogP contribution is -2.13. The van der Waals surface area contributed by atoms with Gasteiger partial charge in [0.05, 0.1) is 16.9 Å². The van der Waals surface area contributed by atoms with E-state index in [-0.39, 0.29) is 18.5 Å². The molecule has 0 saturated carbocycles. The van der Waals surface area contributed by atoms with Gasteiger partial charge < -0.3 is 4.74 Å². The number of benzene rings is 2. The van der Waals surface area contributed by atoms with Crippen molar-refractivity contribution in [2.75, 3.05) is 6.61 Å². The van der Waals surface area contributed by atoms with Gasteiger partial charge in [0.1, 0.15) is 5.52 Å². The number of carbonyl (C=O) groups is 1. The van der Waals surface area contributed by atoms with Gasteiger partial charge in [0.15, 0.2) is 0 Å². The number of carbonyl (C=O) groups excluding carboxylic acids is 1. The fourth-order valence-corrected chi connectivity index (χ4v) is 3.70. The van der Waals surface area contributed by atoms with Crippen LogP contribution in [0.3, 0.4) is 0 Å². The van der Waals surface area contributed by atoms with Gasteiger partial charge in [-0.2, -0.15) is 0 Å². The van der Waals surface area contributed by atoms with E-state index in [4.69, 9.17) is 27.9 Å². The Balaban J connectivity index is 1.76. The molecule has 0 N–H and O–H groups in total. The van der Waals surface area contributed by atoms with Crippen LogP contribution in [-0.2, 0) is 4.74 Å². The molecule has 0 fully saturated rings. The van der Waals surface area contributed by atoms with Crippen LogP contribution in [0.25, 0.3) is 10.2 Å². The summed E-state index contributed by atoms with van der Waals surface area (Å²) in [6.45, 7) is 2.27. The Morgan fingerprint density at radius 2 is 2.12 bits per heavy atom. The molecule has 2 aromatic carbocycles. The molecule has 0 spiro atoms. The first kappa shape index (κ1) is 17.1. The number of hydrogen-bond acceptors (Lipinski definition) is 5. The van der Waals surface area contributed by atoms with Crippen molar-refractivity contribution in [2.45, 2.75) is 19.3 Å². The van der Waals surface area contributed by atoms with E-state index >= 15 is 0 Å². The Bertz CT molecular complexity index is 882. The van der Waals surface area contributed by atoms with Crippen LogP contribution in [0, 0.1) is 0 Å². The van der Waals surface area contributed by atoms with Crippen molar-refractivity contribution < 1.29 is 9.53 Å². The highest BCUT2D eigenvalue weighted by Crippen LogP contribution is 2.30. The van der Waals surface area contributed by atoms with Crippen molar-refractivity contribution in [1.29, 1.82) is 0 Å². The van der Waals surface area contributed by atoms with Gasteiger partial charge in [0.25, 0.3) is 0 Å². The summed E-state index contributed by atoms with van der Waals surface area (Å²) in [6.07, 6.45) is 0.793. The quantitative estimate of drug-likeness (QED) is 0.559. The summed E-state index contributed by atoms with van der Waals surface area (Å²) in [5.41, 5.74) is 2.11. The summed E-state index contributed by atoms with van der Waals surface area (Å²) < 4.78 is 10.1. The van der Waals surface area contributed by atoms with E-state index in [1.165, 1.54) is 11.5 Å². The highest BCUT2D eigenvalue weighted by atomic mass is 35.5. The van der Waals surface area contributed by atoms with E-state index in [2.05, 4.69) is 9.59 Å². The van der Waals surface area contributed by atoms with Gasteiger partial charge in [-0.3, -0.25) is 0 Å². The first-order chi connectivity index (χ1) is 11.6. The number of halogens is 2. The molecule has 24 heavy (non-hydrogen) atoms. The number of nitrogens with zero attached hydrogens (tertiary/aromatic N) is 2. The van der Waals surface area contributed by atoms with Crippen molar-refractivity contribution >= 4 is 50.9 Å². The number of esters is 1. The van der Waals surface area contributed by atoms with E-state index in [9.17, 15) is 4.79 Å². The monoisotopic (exact) mass is 380 g/mol. The molecule has 1 heterocycles. The lowest BCUT2D eigenvalue weighted by atomic mass is 9.97. The second kappa shape index (κ2) is 7.47. The van der Waals surface area contributed by atoms with Gasteiger partial charge >= 0.3 is 5.97 Å². The smallest absolute Gasteiger partial charge is 0.339 e. The van der Waals surface area contributed by atoms with Gasteiger partial charge in [-0.05, 0) is 47.8 Å². The lowest BCUT2D eigenvalue weighted by molar-refractivity contribution is 0.0480. The Kier molecular flexibility index (Phi) is 5.33. The molecular formula is C17H14Cl2N2O2S. The molecule has 7 heteroatoms. The number of hydrogen-bond donors (Lipinski definition) is 0. The van der Waals surface area contributed by atoms with Crippen LogP contribution < -0.4 is 0 Å². The third kappa shape index (κ3) is 3.53. The Morgan fingerprint density at radius 1 is 1.29 bits per heavy atom. The van der Waals surface area contributed by atoms with E-state index in [1.807, 2.05) is 19.1 Å². The van der Waals surface area contributed by atoms with Crippen LogP contribution in [0.4, 0.5) is 0 Å². The van der Waals surface area contributed by atoms with Crippen molar-refractivity contribution in [3.05, 3.63) is 57.6 Å². The summed E-state index contributed by atoms with van der Waals surface area (Å²) >= 11 is 13.4. The zero-order valence-corrected chi connectivity index (χ0v) is 15.2. The van der Waals surface area contributed by atoms with Crippen LogP contribution in [0.15, 0.2) is 36.4 Å². The predicted octanol–water partition coefficient (Wildman–Crippen LogP) is 5.35. The highest BCUT2D eigenvalue weighted by molar-refractivity contribution is 7.13. The number of fused-ring (bicyclic) bond motifs is 1. The fraction of sp³-hybridized carbons (Fsp3) is 0.235. The van der Waals surface area contributed by atoms with E-state index < -0.39 is 0 Å². The molecular weight excluding hydrogens is 367 g/mol. The second-order valence-corrected chi connectivity index (χ2v) is 6.89. The molecule has 3 aromatic rings. The van der Waals surface area contributed by atoms with Crippen molar-refractivity contribution in [2.24, 2.45) is 0 Å². The maximum absolute atomic E-state index is 12.4. The number of ether oxygens (including phenoxy) is 1. The largest absolute Gasteiger partial charge is 0.461 e. The second-order valence-electron chi connectivity index (χ2n) is 5.30. The SMILES string of the molecule is CCC(COC(=O)c1cccc2nnsc12)c1ccc(Cl)cc1Cl. The van der Waals surface area contributed by atoms with Gasteiger partial charge in [0, 0.05) is 16.0 Å². The van der Waals surface area contributed by atoms with Gasteiger partial charge in [-0.1, -0.05) is 46.7 Å².